The first kappa shape index (κ1) is 8.80. The quantitative estimate of drug-likeness (QED) is 0.775. The molecule has 2 aromatic rings. The van der Waals surface area contributed by atoms with Crippen molar-refractivity contribution in [1.29, 1.82) is 0 Å². The molecule has 0 aliphatic heterocycles. The zero-order valence-corrected chi connectivity index (χ0v) is 8.16. The van der Waals surface area contributed by atoms with Crippen molar-refractivity contribution in [2.24, 2.45) is 0 Å². The molecule has 0 saturated heterocycles. The van der Waals surface area contributed by atoms with Gasteiger partial charge in [-0.2, -0.15) is 5.10 Å². The van der Waals surface area contributed by atoms with Gasteiger partial charge in [-0.25, -0.2) is 0 Å². The summed E-state index contributed by atoms with van der Waals surface area (Å²) in [5.74, 6) is 0.789. The molecule has 0 aliphatic rings. The predicted molar refractivity (Wildman–Crippen MR) is 51.9 cm³/mol. The van der Waals surface area contributed by atoms with Gasteiger partial charge in [-0.3, -0.25) is 5.10 Å². The molecule has 2 N–H and O–H groups in total. The summed E-state index contributed by atoms with van der Waals surface area (Å²) >= 11 is 0. The predicted octanol–water partition coefficient (Wildman–Crippen LogP) is 1.63. The molecule has 0 atom stereocenters. The molecule has 0 aliphatic carbocycles. The Morgan fingerprint density at radius 1 is 1.50 bits per heavy atom. The van der Waals surface area contributed by atoms with Crippen LogP contribution >= 0.6 is 0 Å². The van der Waals surface area contributed by atoms with Gasteiger partial charge in [0.2, 0.25) is 0 Å². The number of aryl methyl sites for hydroxylation is 2. The normalized spacial score (nSPS) is 10.4. The SMILES string of the molecule is Cc1cc(CNc2cnoc2C)n[nH]1. The summed E-state index contributed by atoms with van der Waals surface area (Å²) in [4.78, 5) is 0. The fraction of sp³-hybridized carbons (Fsp3) is 0.333. The minimum Gasteiger partial charge on any atom is -0.375 e. The molecular formula is C9H12N4O. The standard InChI is InChI=1S/C9H12N4O/c1-6-3-8(13-12-6)4-10-9-5-11-14-7(9)2/h3,5,10H,4H2,1-2H3,(H,12,13). The number of aromatic nitrogens is 3. The van der Waals surface area contributed by atoms with E-state index in [2.05, 4.69) is 20.7 Å². The summed E-state index contributed by atoms with van der Waals surface area (Å²) in [7, 11) is 0. The van der Waals surface area contributed by atoms with Crippen LogP contribution in [0.2, 0.25) is 0 Å². The van der Waals surface area contributed by atoms with Gasteiger partial charge >= 0.3 is 0 Å². The van der Waals surface area contributed by atoms with Gasteiger partial charge in [-0.15, -0.1) is 0 Å². The van der Waals surface area contributed by atoms with Gasteiger partial charge in [-0.1, -0.05) is 5.16 Å². The number of anilines is 1. The first-order valence-corrected chi connectivity index (χ1v) is 4.42. The van der Waals surface area contributed by atoms with E-state index in [1.165, 1.54) is 0 Å². The van der Waals surface area contributed by atoms with Gasteiger partial charge < -0.3 is 9.84 Å². The average molecular weight is 192 g/mol. The minimum absolute atomic E-state index is 0.673. The molecular weight excluding hydrogens is 180 g/mol. The summed E-state index contributed by atoms with van der Waals surface area (Å²) in [5, 5.41) is 13.8. The lowest BCUT2D eigenvalue weighted by molar-refractivity contribution is 0.398. The van der Waals surface area contributed by atoms with Crippen LogP contribution in [0.5, 0.6) is 0 Å². The smallest absolute Gasteiger partial charge is 0.156 e. The van der Waals surface area contributed by atoms with E-state index in [-0.39, 0.29) is 0 Å². The van der Waals surface area contributed by atoms with Gasteiger partial charge in [0, 0.05) is 5.69 Å². The number of rotatable bonds is 3. The number of hydrogen-bond donors (Lipinski definition) is 2. The summed E-state index contributed by atoms with van der Waals surface area (Å²) in [5.41, 5.74) is 2.94. The van der Waals surface area contributed by atoms with Gasteiger partial charge in [-0.05, 0) is 19.9 Å². The Bertz CT molecular complexity index is 418. The van der Waals surface area contributed by atoms with E-state index < -0.39 is 0 Å². The lowest BCUT2D eigenvalue weighted by atomic mass is 10.3. The number of hydrogen-bond acceptors (Lipinski definition) is 4. The number of H-pyrrole nitrogens is 1. The van der Waals surface area contributed by atoms with Crippen molar-refractivity contribution in [2.45, 2.75) is 20.4 Å². The minimum atomic E-state index is 0.673. The Kier molecular flexibility index (Phi) is 2.22. The summed E-state index contributed by atoms with van der Waals surface area (Å²) < 4.78 is 4.92. The molecule has 0 unspecified atom stereocenters. The van der Waals surface area contributed by atoms with Crippen LogP contribution in [0.4, 0.5) is 5.69 Å². The molecule has 0 spiro atoms. The van der Waals surface area contributed by atoms with Crippen molar-refractivity contribution in [2.75, 3.05) is 5.32 Å². The molecule has 2 heterocycles. The van der Waals surface area contributed by atoms with Crippen LogP contribution in [0.1, 0.15) is 17.1 Å². The molecule has 5 nitrogen and oxygen atoms in total. The van der Waals surface area contributed by atoms with Crippen molar-refractivity contribution in [3.8, 4) is 0 Å². The molecule has 14 heavy (non-hydrogen) atoms. The zero-order valence-electron chi connectivity index (χ0n) is 8.16. The number of nitrogens with one attached hydrogen (secondary N) is 2. The van der Waals surface area contributed by atoms with E-state index in [4.69, 9.17) is 4.52 Å². The molecule has 0 fully saturated rings. The maximum Gasteiger partial charge on any atom is 0.156 e. The highest BCUT2D eigenvalue weighted by molar-refractivity contribution is 5.43. The van der Waals surface area contributed by atoms with E-state index >= 15 is 0 Å². The van der Waals surface area contributed by atoms with E-state index in [1.54, 1.807) is 6.20 Å². The van der Waals surface area contributed by atoms with Gasteiger partial charge in [0.15, 0.2) is 5.76 Å². The maximum absolute atomic E-state index is 4.92. The summed E-state index contributed by atoms with van der Waals surface area (Å²) in [6.45, 7) is 4.51. The molecule has 2 aromatic heterocycles. The maximum atomic E-state index is 4.92. The molecule has 0 aromatic carbocycles. The second-order valence-corrected chi connectivity index (χ2v) is 3.19. The summed E-state index contributed by atoms with van der Waals surface area (Å²) in [6.07, 6.45) is 1.66. The zero-order chi connectivity index (χ0) is 9.97. The Hall–Kier alpha value is -1.78. The van der Waals surface area contributed by atoms with Crippen molar-refractivity contribution in [3.63, 3.8) is 0 Å². The molecule has 0 amide bonds. The Morgan fingerprint density at radius 2 is 2.36 bits per heavy atom. The van der Waals surface area contributed by atoms with Crippen molar-refractivity contribution in [1.82, 2.24) is 15.4 Å². The molecule has 0 bridgehead atoms. The molecule has 5 heteroatoms. The third kappa shape index (κ3) is 1.76. The molecule has 74 valence electrons. The first-order chi connectivity index (χ1) is 6.75. The van der Waals surface area contributed by atoms with Crippen LogP contribution in [0.15, 0.2) is 16.8 Å². The van der Waals surface area contributed by atoms with E-state index in [1.807, 2.05) is 19.9 Å². The van der Waals surface area contributed by atoms with Crippen LogP contribution in [-0.2, 0) is 6.54 Å². The van der Waals surface area contributed by atoms with Gasteiger partial charge in [0.1, 0.15) is 0 Å². The first-order valence-electron chi connectivity index (χ1n) is 4.42. The van der Waals surface area contributed by atoms with Crippen LogP contribution in [0.3, 0.4) is 0 Å². The van der Waals surface area contributed by atoms with E-state index in [0.29, 0.717) is 6.54 Å². The lowest BCUT2D eigenvalue weighted by Crippen LogP contribution is -1.99. The number of nitrogens with zero attached hydrogens (tertiary/aromatic N) is 2. The topological polar surface area (TPSA) is 66.7 Å². The third-order valence-electron chi connectivity index (χ3n) is 1.97. The van der Waals surface area contributed by atoms with Crippen molar-refractivity contribution >= 4 is 5.69 Å². The van der Waals surface area contributed by atoms with Crippen LogP contribution < -0.4 is 5.32 Å². The second kappa shape index (κ2) is 3.53. The highest BCUT2D eigenvalue weighted by Crippen LogP contribution is 2.13. The van der Waals surface area contributed by atoms with Crippen LogP contribution in [0.25, 0.3) is 0 Å². The third-order valence-corrected chi connectivity index (χ3v) is 1.97. The summed E-state index contributed by atoms with van der Waals surface area (Å²) in [6, 6.07) is 2.00. The van der Waals surface area contributed by atoms with Crippen molar-refractivity contribution in [3.05, 3.63) is 29.4 Å². The van der Waals surface area contributed by atoms with E-state index in [9.17, 15) is 0 Å². The average Bonchev–Trinajstić information content (AvgIpc) is 2.72. The highest BCUT2D eigenvalue weighted by Gasteiger charge is 2.03. The Morgan fingerprint density at radius 3 is 2.93 bits per heavy atom. The Balaban J connectivity index is 1.98. The fourth-order valence-electron chi connectivity index (χ4n) is 1.22. The molecule has 2 rings (SSSR count). The Labute approximate surface area is 81.5 Å². The number of aromatic amines is 1. The molecule has 0 radical (unpaired) electrons. The highest BCUT2D eigenvalue weighted by atomic mass is 16.5. The lowest BCUT2D eigenvalue weighted by Gasteiger charge is -1.99. The van der Waals surface area contributed by atoms with E-state index in [0.717, 1.165) is 22.8 Å². The molecule has 0 saturated carbocycles. The van der Waals surface area contributed by atoms with Crippen LogP contribution in [0, 0.1) is 13.8 Å². The van der Waals surface area contributed by atoms with Gasteiger partial charge in [0.05, 0.1) is 24.1 Å². The van der Waals surface area contributed by atoms with Gasteiger partial charge in [0.25, 0.3) is 0 Å². The fourth-order valence-corrected chi connectivity index (χ4v) is 1.22. The van der Waals surface area contributed by atoms with Crippen molar-refractivity contribution < 1.29 is 4.52 Å². The largest absolute Gasteiger partial charge is 0.375 e. The van der Waals surface area contributed by atoms with Crippen LogP contribution in [-0.4, -0.2) is 15.4 Å². The second-order valence-electron chi connectivity index (χ2n) is 3.19. The monoisotopic (exact) mass is 192 g/mol.